The summed E-state index contributed by atoms with van der Waals surface area (Å²) >= 11 is 0. The van der Waals surface area contributed by atoms with Gasteiger partial charge < -0.3 is 10.6 Å². The molecule has 15 heavy (non-hydrogen) atoms. The van der Waals surface area contributed by atoms with E-state index in [-0.39, 0.29) is 12.4 Å². The van der Waals surface area contributed by atoms with Crippen molar-refractivity contribution in [3.8, 4) is 0 Å². The lowest BCUT2D eigenvalue weighted by molar-refractivity contribution is 0.212. The molecule has 0 atom stereocenters. The second-order valence-corrected chi connectivity index (χ2v) is 4.18. The predicted octanol–water partition coefficient (Wildman–Crippen LogP) is 1.46. The molecule has 1 aliphatic heterocycles. The van der Waals surface area contributed by atoms with Crippen molar-refractivity contribution in [2.24, 2.45) is 0 Å². The smallest absolute Gasteiger partial charge is 0.0823 e. The van der Waals surface area contributed by atoms with E-state index in [1.165, 1.54) is 12.8 Å². The van der Waals surface area contributed by atoms with Crippen LogP contribution in [0, 0.1) is 6.92 Å². The van der Waals surface area contributed by atoms with Gasteiger partial charge in [0, 0.05) is 6.20 Å². The van der Waals surface area contributed by atoms with Crippen LogP contribution in [-0.2, 0) is 0 Å². The largest absolute Gasteiger partial charge is 0.396 e. The number of likely N-dealkylation sites (tertiary alicyclic amines) is 1. The molecule has 0 spiro atoms. The van der Waals surface area contributed by atoms with Gasteiger partial charge in [0.05, 0.1) is 17.4 Å². The maximum atomic E-state index is 5.78. The van der Waals surface area contributed by atoms with E-state index >= 15 is 0 Å². The first-order valence-corrected chi connectivity index (χ1v) is 5.16. The summed E-state index contributed by atoms with van der Waals surface area (Å²) in [5, 5.41) is 4.43. The number of hydrogen-bond acceptors (Lipinski definition) is 3. The Bertz CT molecular complexity index is 296. The van der Waals surface area contributed by atoms with Crippen molar-refractivity contribution < 1.29 is 0 Å². The van der Waals surface area contributed by atoms with Crippen LogP contribution < -0.4 is 5.73 Å². The van der Waals surface area contributed by atoms with Gasteiger partial charge in [-0.15, -0.1) is 12.4 Å². The summed E-state index contributed by atoms with van der Waals surface area (Å²) in [6.07, 6.45) is 4.32. The van der Waals surface area contributed by atoms with Crippen LogP contribution in [0.25, 0.3) is 0 Å². The second kappa shape index (κ2) is 4.86. The highest BCUT2D eigenvalue weighted by atomic mass is 35.5. The lowest BCUT2D eigenvalue weighted by Gasteiger charge is -2.28. The van der Waals surface area contributed by atoms with E-state index in [2.05, 4.69) is 17.0 Å². The summed E-state index contributed by atoms with van der Waals surface area (Å²) in [6.45, 7) is 4.27. The van der Waals surface area contributed by atoms with Gasteiger partial charge in [0.15, 0.2) is 0 Å². The Kier molecular flexibility index (Phi) is 3.99. The lowest BCUT2D eigenvalue weighted by Crippen LogP contribution is -2.31. The average molecular weight is 231 g/mol. The molecule has 1 saturated heterocycles. The molecule has 1 aromatic heterocycles. The first-order chi connectivity index (χ1) is 6.66. The molecule has 1 aliphatic rings. The van der Waals surface area contributed by atoms with Gasteiger partial charge in [0.1, 0.15) is 0 Å². The molecule has 0 aliphatic carbocycles. The van der Waals surface area contributed by atoms with Gasteiger partial charge >= 0.3 is 0 Å². The van der Waals surface area contributed by atoms with Crippen molar-refractivity contribution >= 4 is 18.1 Å². The molecule has 0 unspecified atom stereocenters. The number of hydrogen-bond donors (Lipinski definition) is 1. The zero-order valence-electron chi connectivity index (χ0n) is 9.31. The van der Waals surface area contributed by atoms with E-state index in [0.29, 0.717) is 6.04 Å². The molecule has 0 amide bonds. The third kappa shape index (κ3) is 2.63. The molecule has 0 bridgehead atoms. The molecule has 0 radical (unpaired) electrons. The number of anilines is 1. The number of nitrogens with zero attached hydrogens (tertiary/aromatic N) is 3. The highest BCUT2D eigenvalue weighted by molar-refractivity contribution is 5.85. The van der Waals surface area contributed by atoms with Gasteiger partial charge in [-0.05, 0) is 39.9 Å². The molecule has 5 heteroatoms. The molecule has 0 aromatic carbocycles. The maximum Gasteiger partial charge on any atom is 0.0823 e. The fourth-order valence-electron chi connectivity index (χ4n) is 1.94. The first-order valence-electron chi connectivity index (χ1n) is 5.16. The van der Waals surface area contributed by atoms with Crippen molar-refractivity contribution in [2.45, 2.75) is 25.8 Å². The van der Waals surface area contributed by atoms with Crippen molar-refractivity contribution in [3.63, 3.8) is 0 Å². The van der Waals surface area contributed by atoms with Gasteiger partial charge in [0.2, 0.25) is 0 Å². The van der Waals surface area contributed by atoms with E-state index in [4.69, 9.17) is 5.73 Å². The summed E-state index contributed by atoms with van der Waals surface area (Å²) in [5.74, 6) is 0. The second-order valence-electron chi connectivity index (χ2n) is 4.18. The van der Waals surface area contributed by atoms with Gasteiger partial charge in [0.25, 0.3) is 0 Å². The summed E-state index contributed by atoms with van der Waals surface area (Å²) in [6, 6.07) is 0.544. The summed E-state index contributed by atoms with van der Waals surface area (Å²) < 4.78 is 2.04. The Balaban J connectivity index is 0.00000112. The Labute approximate surface area is 96.8 Å². The van der Waals surface area contributed by atoms with Gasteiger partial charge in [-0.1, -0.05) is 0 Å². The predicted molar refractivity (Wildman–Crippen MR) is 64.4 cm³/mol. The highest BCUT2D eigenvalue weighted by Crippen LogP contribution is 2.22. The zero-order chi connectivity index (χ0) is 10.1. The molecule has 0 saturated carbocycles. The molecular weight excluding hydrogens is 212 g/mol. The van der Waals surface area contributed by atoms with E-state index < -0.39 is 0 Å². The minimum Gasteiger partial charge on any atom is -0.396 e. The van der Waals surface area contributed by atoms with Gasteiger partial charge in [-0.25, -0.2) is 0 Å². The third-order valence-corrected chi connectivity index (χ3v) is 3.02. The van der Waals surface area contributed by atoms with Gasteiger partial charge in [-0.3, -0.25) is 4.68 Å². The Morgan fingerprint density at radius 2 is 2.00 bits per heavy atom. The Morgan fingerprint density at radius 3 is 2.47 bits per heavy atom. The quantitative estimate of drug-likeness (QED) is 0.795. The topological polar surface area (TPSA) is 47.1 Å². The summed E-state index contributed by atoms with van der Waals surface area (Å²) in [7, 11) is 2.17. The van der Waals surface area contributed by atoms with Crippen molar-refractivity contribution in [3.05, 3.63) is 11.9 Å². The Morgan fingerprint density at radius 1 is 1.40 bits per heavy atom. The zero-order valence-corrected chi connectivity index (χ0v) is 10.1. The van der Waals surface area contributed by atoms with Crippen LogP contribution in [-0.4, -0.2) is 34.8 Å². The van der Waals surface area contributed by atoms with Crippen molar-refractivity contribution in [2.75, 3.05) is 25.9 Å². The number of aryl methyl sites for hydroxylation is 1. The van der Waals surface area contributed by atoms with Crippen LogP contribution in [0.3, 0.4) is 0 Å². The molecular formula is C10H19ClN4. The highest BCUT2D eigenvalue weighted by Gasteiger charge is 2.19. The lowest BCUT2D eigenvalue weighted by atomic mass is 10.1. The molecule has 2 rings (SSSR count). The van der Waals surface area contributed by atoms with E-state index in [9.17, 15) is 0 Å². The average Bonchev–Trinajstić information content (AvgIpc) is 2.48. The van der Waals surface area contributed by atoms with Crippen LogP contribution in [0.15, 0.2) is 6.20 Å². The minimum absolute atomic E-state index is 0. The monoisotopic (exact) mass is 230 g/mol. The van der Waals surface area contributed by atoms with E-state index in [1.54, 1.807) is 0 Å². The molecule has 86 valence electrons. The number of aromatic nitrogens is 2. The molecule has 2 heterocycles. The number of piperidine rings is 1. The van der Waals surface area contributed by atoms with Gasteiger partial charge in [-0.2, -0.15) is 5.10 Å². The van der Waals surface area contributed by atoms with Crippen LogP contribution in [0.4, 0.5) is 5.69 Å². The van der Waals surface area contributed by atoms with Crippen LogP contribution in [0.5, 0.6) is 0 Å². The van der Waals surface area contributed by atoms with E-state index in [0.717, 1.165) is 24.5 Å². The fourth-order valence-corrected chi connectivity index (χ4v) is 1.94. The Hall–Kier alpha value is -0.740. The molecule has 2 N–H and O–H groups in total. The molecule has 4 nitrogen and oxygen atoms in total. The standard InChI is InChI=1S/C10H18N4.ClH/c1-8-10(11)7-14(12-8)9-3-5-13(2)6-4-9;/h7,9H,3-6,11H2,1-2H3;1H. The summed E-state index contributed by atoms with van der Waals surface area (Å²) in [4.78, 5) is 2.36. The van der Waals surface area contributed by atoms with Crippen molar-refractivity contribution in [1.82, 2.24) is 14.7 Å². The molecule has 1 aromatic rings. The minimum atomic E-state index is 0. The third-order valence-electron chi connectivity index (χ3n) is 3.02. The number of halogens is 1. The number of nitrogens with two attached hydrogens (primary N) is 1. The number of rotatable bonds is 1. The fraction of sp³-hybridized carbons (Fsp3) is 0.700. The van der Waals surface area contributed by atoms with Crippen LogP contribution in [0.2, 0.25) is 0 Å². The first kappa shape index (κ1) is 12.3. The maximum absolute atomic E-state index is 5.78. The van der Waals surface area contributed by atoms with Crippen molar-refractivity contribution in [1.29, 1.82) is 0 Å². The van der Waals surface area contributed by atoms with E-state index in [1.807, 2.05) is 17.8 Å². The normalized spacial score (nSPS) is 18.8. The summed E-state index contributed by atoms with van der Waals surface area (Å²) in [5.41, 5.74) is 7.54. The van der Waals surface area contributed by atoms with Crippen LogP contribution >= 0.6 is 12.4 Å². The molecule has 1 fully saturated rings. The number of nitrogen functional groups attached to an aromatic ring is 1. The van der Waals surface area contributed by atoms with Crippen LogP contribution in [0.1, 0.15) is 24.6 Å². The SMILES string of the molecule is Cc1nn(C2CCN(C)CC2)cc1N.Cl.